The fourth-order valence-electron chi connectivity index (χ4n) is 1.61. The number of aromatic nitrogens is 1. The number of carbonyl (C=O) groups excluding carboxylic acids is 1. The Kier molecular flexibility index (Phi) is 2.75. The molecule has 0 bridgehead atoms. The summed E-state index contributed by atoms with van der Waals surface area (Å²) < 4.78 is 0. The van der Waals surface area contributed by atoms with Crippen LogP contribution in [0.4, 0.5) is 0 Å². The number of nitrogens with zero attached hydrogens (tertiary/aromatic N) is 1. The molecule has 2 aromatic rings. The topological polar surface area (TPSA) is 56.0 Å². The van der Waals surface area contributed by atoms with E-state index in [1.54, 1.807) is 6.20 Å². The molecule has 0 aliphatic heterocycles. The predicted molar refractivity (Wildman–Crippen MR) is 64.2 cm³/mol. The van der Waals surface area contributed by atoms with Crippen LogP contribution in [0.3, 0.4) is 0 Å². The van der Waals surface area contributed by atoms with Crippen molar-refractivity contribution in [1.82, 2.24) is 4.98 Å². The molecule has 82 valence electrons. The van der Waals surface area contributed by atoms with Gasteiger partial charge in [-0.3, -0.25) is 4.79 Å². The maximum absolute atomic E-state index is 11.7. The molecule has 1 aromatic carbocycles. The van der Waals surface area contributed by atoms with Crippen molar-refractivity contribution < 1.29 is 4.79 Å². The molecule has 0 saturated heterocycles. The van der Waals surface area contributed by atoms with E-state index in [0.29, 0.717) is 0 Å². The SMILES string of the molecule is CC(C(N)=O)(c1ccccc1)c1nccs1. The van der Waals surface area contributed by atoms with Crippen LogP contribution in [-0.4, -0.2) is 10.9 Å². The highest BCUT2D eigenvalue weighted by Gasteiger charge is 2.37. The normalized spacial score (nSPS) is 14.3. The molecule has 0 saturated carbocycles. The van der Waals surface area contributed by atoms with Crippen LogP contribution in [0, 0.1) is 0 Å². The largest absolute Gasteiger partial charge is 0.369 e. The second kappa shape index (κ2) is 4.06. The zero-order valence-electron chi connectivity index (χ0n) is 8.88. The van der Waals surface area contributed by atoms with Gasteiger partial charge in [-0.2, -0.15) is 0 Å². The number of primary amides is 1. The van der Waals surface area contributed by atoms with Crippen LogP contribution in [0.15, 0.2) is 41.9 Å². The molecule has 1 unspecified atom stereocenters. The highest BCUT2D eigenvalue weighted by molar-refractivity contribution is 7.09. The average molecular weight is 232 g/mol. The Balaban J connectivity index is 2.58. The van der Waals surface area contributed by atoms with Gasteiger partial charge in [-0.05, 0) is 12.5 Å². The van der Waals surface area contributed by atoms with Crippen molar-refractivity contribution in [3.05, 3.63) is 52.5 Å². The third-order valence-electron chi connectivity index (χ3n) is 2.70. The first-order chi connectivity index (χ1) is 7.65. The van der Waals surface area contributed by atoms with Gasteiger partial charge in [0.15, 0.2) is 0 Å². The van der Waals surface area contributed by atoms with Crippen LogP contribution in [0.25, 0.3) is 0 Å². The second-order valence-electron chi connectivity index (χ2n) is 3.69. The van der Waals surface area contributed by atoms with Gasteiger partial charge in [0.05, 0.1) is 0 Å². The second-order valence-corrected chi connectivity index (χ2v) is 4.59. The molecule has 3 nitrogen and oxygen atoms in total. The molecule has 1 aromatic heterocycles. The van der Waals surface area contributed by atoms with E-state index in [1.165, 1.54) is 11.3 Å². The minimum atomic E-state index is -0.838. The Bertz CT molecular complexity index is 481. The standard InChI is InChI=1S/C12H12N2OS/c1-12(10(13)15,11-14-7-8-16-11)9-5-3-2-4-6-9/h2-8H,1H3,(H2,13,15). The Morgan fingerprint density at radius 1 is 1.38 bits per heavy atom. The quantitative estimate of drug-likeness (QED) is 0.879. The number of hydrogen-bond acceptors (Lipinski definition) is 3. The molecule has 1 amide bonds. The average Bonchev–Trinajstić information content (AvgIpc) is 2.82. The monoisotopic (exact) mass is 232 g/mol. The van der Waals surface area contributed by atoms with E-state index < -0.39 is 5.41 Å². The van der Waals surface area contributed by atoms with Crippen molar-refractivity contribution in [2.45, 2.75) is 12.3 Å². The smallest absolute Gasteiger partial charge is 0.234 e. The van der Waals surface area contributed by atoms with Crippen molar-refractivity contribution in [3.63, 3.8) is 0 Å². The van der Waals surface area contributed by atoms with Gasteiger partial charge < -0.3 is 5.73 Å². The molecule has 4 heteroatoms. The van der Waals surface area contributed by atoms with Gasteiger partial charge in [-0.15, -0.1) is 11.3 Å². The summed E-state index contributed by atoms with van der Waals surface area (Å²) in [5.74, 6) is -0.381. The van der Waals surface area contributed by atoms with Crippen LogP contribution < -0.4 is 5.73 Å². The fraction of sp³-hybridized carbons (Fsp3) is 0.167. The van der Waals surface area contributed by atoms with E-state index in [2.05, 4.69) is 4.98 Å². The van der Waals surface area contributed by atoms with E-state index in [9.17, 15) is 4.79 Å². The molecular weight excluding hydrogens is 220 g/mol. The van der Waals surface area contributed by atoms with Crippen LogP contribution in [0.1, 0.15) is 17.5 Å². The molecule has 0 fully saturated rings. The Labute approximate surface area is 97.9 Å². The molecule has 0 radical (unpaired) electrons. The number of rotatable bonds is 3. The van der Waals surface area contributed by atoms with Crippen molar-refractivity contribution in [3.8, 4) is 0 Å². The molecule has 1 atom stereocenters. The number of carbonyl (C=O) groups is 1. The molecule has 2 rings (SSSR count). The number of thiazole rings is 1. The van der Waals surface area contributed by atoms with Crippen LogP contribution >= 0.6 is 11.3 Å². The van der Waals surface area contributed by atoms with Gasteiger partial charge in [0, 0.05) is 11.6 Å². The summed E-state index contributed by atoms with van der Waals surface area (Å²) >= 11 is 1.44. The summed E-state index contributed by atoms with van der Waals surface area (Å²) in [5.41, 5.74) is 5.56. The van der Waals surface area contributed by atoms with E-state index in [1.807, 2.05) is 42.6 Å². The molecule has 0 aliphatic carbocycles. The van der Waals surface area contributed by atoms with Gasteiger partial charge in [0.1, 0.15) is 10.4 Å². The summed E-state index contributed by atoms with van der Waals surface area (Å²) in [4.78, 5) is 15.9. The Morgan fingerprint density at radius 2 is 2.06 bits per heavy atom. The first-order valence-electron chi connectivity index (χ1n) is 4.91. The third kappa shape index (κ3) is 1.61. The van der Waals surface area contributed by atoms with Gasteiger partial charge in [-0.25, -0.2) is 4.98 Å². The summed E-state index contributed by atoms with van der Waals surface area (Å²) in [6.07, 6.45) is 1.68. The minimum absolute atomic E-state index is 0.381. The number of amides is 1. The molecule has 1 heterocycles. The first kappa shape index (κ1) is 10.8. The van der Waals surface area contributed by atoms with Crippen LogP contribution in [0.5, 0.6) is 0 Å². The first-order valence-corrected chi connectivity index (χ1v) is 5.79. The zero-order chi connectivity index (χ0) is 11.6. The van der Waals surface area contributed by atoms with E-state index in [-0.39, 0.29) is 5.91 Å². The summed E-state index contributed by atoms with van der Waals surface area (Å²) in [7, 11) is 0. The van der Waals surface area contributed by atoms with Crippen molar-refractivity contribution in [2.75, 3.05) is 0 Å². The summed E-state index contributed by atoms with van der Waals surface area (Å²) in [6.45, 7) is 1.81. The van der Waals surface area contributed by atoms with Crippen molar-refractivity contribution in [2.24, 2.45) is 5.73 Å². The van der Waals surface area contributed by atoms with Crippen molar-refractivity contribution in [1.29, 1.82) is 0 Å². The van der Waals surface area contributed by atoms with Crippen LogP contribution in [0.2, 0.25) is 0 Å². The van der Waals surface area contributed by atoms with Gasteiger partial charge in [0.25, 0.3) is 0 Å². The molecule has 0 spiro atoms. The predicted octanol–water partition coefficient (Wildman–Crippen LogP) is 1.93. The lowest BCUT2D eigenvalue weighted by atomic mass is 9.82. The molecule has 2 N–H and O–H groups in total. The van der Waals surface area contributed by atoms with Gasteiger partial charge in [0.2, 0.25) is 5.91 Å². The summed E-state index contributed by atoms with van der Waals surface area (Å²) in [5, 5.41) is 2.57. The number of benzene rings is 1. The molecule has 0 aliphatic rings. The van der Waals surface area contributed by atoms with Gasteiger partial charge >= 0.3 is 0 Å². The number of hydrogen-bond donors (Lipinski definition) is 1. The van der Waals surface area contributed by atoms with Crippen molar-refractivity contribution >= 4 is 17.2 Å². The lowest BCUT2D eigenvalue weighted by Gasteiger charge is -2.23. The molecular formula is C12H12N2OS. The maximum atomic E-state index is 11.7. The zero-order valence-corrected chi connectivity index (χ0v) is 9.70. The van der Waals surface area contributed by atoms with E-state index in [4.69, 9.17) is 5.73 Å². The third-order valence-corrected chi connectivity index (χ3v) is 3.70. The fourth-order valence-corrected chi connectivity index (χ4v) is 2.44. The minimum Gasteiger partial charge on any atom is -0.369 e. The lowest BCUT2D eigenvalue weighted by molar-refractivity contribution is -0.121. The lowest BCUT2D eigenvalue weighted by Crippen LogP contribution is -2.39. The Morgan fingerprint density at radius 3 is 2.56 bits per heavy atom. The molecule has 16 heavy (non-hydrogen) atoms. The summed E-state index contributed by atoms with van der Waals surface area (Å²) in [6, 6.07) is 9.49. The van der Waals surface area contributed by atoms with Gasteiger partial charge in [-0.1, -0.05) is 30.3 Å². The Hall–Kier alpha value is -1.68. The highest BCUT2D eigenvalue weighted by Crippen LogP contribution is 2.32. The highest BCUT2D eigenvalue weighted by atomic mass is 32.1. The number of nitrogens with two attached hydrogens (primary N) is 1. The van der Waals surface area contributed by atoms with E-state index in [0.717, 1.165) is 10.6 Å². The van der Waals surface area contributed by atoms with Crippen LogP contribution in [-0.2, 0) is 10.2 Å². The van der Waals surface area contributed by atoms with E-state index >= 15 is 0 Å². The maximum Gasteiger partial charge on any atom is 0.234 e.